The van der Waals surface area contributed by atoms with Crippen LogP contribution in [0.5, 0.6) is 5.88 Å². The lowest BCUT2D eigenvalue weighted by atomic mass is 10.2. The maximum Gasteiger partial charge on any atom is 0.410 e. The van der Waals surface area contributed by atoms with Gasteiger partial charge in [-0.15, -0.1) is 10.2 Å². The molecule has 0 radical (unpaired) electrons. The van der Waals surface area contributed by atoms with Gasteiger partial charge in [0, 0.05) is 32.4 Å². The van der Waals surface area contributed by atoms with Crippen molar-refractivity contribution in [1.29, 1.82) is 0 Å². The van der Waals surface area contributed by atoms with Gasteiger partial charge in [0.2, 0.25) is 5.95 Å². The molecule has 2 aromatic rings. The van der Waals surface area contributed by atoms with Gasteiger partial charge in [-0.1, -0.05) is 12.1 Å². The molecule has 168 valence electrons. The Morgan fingerprint density at radius 3 is 2.23 bits per heavy atom. The SMILES string of the molecule is CC(C)(C)OC(=O)N1CCN(c2ncc(OCc3ccc(S(C)(=O)=O)cc3)nn2)CC1. The molecule has 10 nitrogen and oxygen atoms in total. The Hall–Kier alpha value is -2.95. The molecule has 0 atom stereocenters. The van der Waals surface area contributed by atoms with Crippen molar-refractivity contribution in [2.45, 2.75) is 37.9 Å². The number of anilines is 1. The molecule has 31 heavy (non-hydrogen) atoms. The normalized spacial score (nSPS) is 15.0. The second-order valence-corrected chi connectivity index (χ2v) is 10.3. The number of nitrogens with zero attached hydrogens (tertiary/aromatic N) is 5. The van der Waals surface area contributed by atoms with Gasteiger partial charge < -0.3 is 19.3 Å². The summed E-state index contributed by atoms with van der Waals surface area (Å²) in [4.78, 5) is 20.3. The van der Waals surface area contributed by atoms with E-state index in [1.807, 2.05) is 25.7 Å². The molecule has 1 aromatic carbocycles. The van der Waals surface area contributed by atoms with Crippen molar-refractivity contribution in [3.05, 3.63) is 36.0 Å². The van der Waals surface area contributed by atoms with Crippen molar-refractivity contribution in [1.82, 2.24) is 20.1 Å². The quantitative estimate of drug-likeness (QED) is 0.675. The summed E-state index contributed by atoms with van der Waals surface area (Å²) >= 11 is 0. The van der Waals surface area contributed by atoms with Gasteiger partial charge in [0.15, 0.2) is 9.84 Å². The fraction of sp³-hybridized carbons (Fsp3) is 0.500. The van der Waals surface area contributed by atoms with Crippen LogP contribution in [0.15, 0.2) is 35.4 Å². The number of hydrogen-bond acceptors (Lipinski definition) is 9. The minimum atomic E-state index is -3.23. The Labute approximate surface area is 182 Å². The molecule has 2 heterocycles. The summed E-state index contributed by atoms with van der Waals surface area (Å²) in [7, 11) is -3.23. The van der Waals surface area contributed by atoms with Crippen molar-refractivity contribution in [2.24, 2.45) is 0 Å². The third-order valence-corrected chi connectivity index (χ3v) is 5.61. The van der Waals surface area contributed by atoms with E-state index in [2.05, 4.69) is 15.2 Å². The first-order chi connectivity index (χ1) is 14.5. The zero-order valence-corrected chi connectivity index (χ0v) is 18.9. The molecular formula is C20H27N5O5S. The molecule has 1 fully saturated rings. The molecule has 0 spiro atoms. The molecular weight excluding hydrogens is 422 g/mol. The zero-order chi connectivity index (χ0) is 22.6. The first-order valence-electron chi connectivity index (χ1n) is 9.86. The number of hydrogen-bond donors (Lipinski definition) is 0. The molecule has 3 rings (SSSR count). The highest BCUT2D eigenvalue weighted by Crippen LogP contribution is 2.16. The van der Waals surface area contributed by atoms with E-state index >= 15 is 0 Å². The van der Waals surface area contributed by atoms with E-state index in [1.54, 1.807) is 17.0 Å². The summed E-state index contributed by atoms with van der Waals surface area (Å²) < 4.78 is 34.0. The smallest absolute Gasteiger partial charge is 0.410 e. The zero-order valence-electron chi connectivity index (χ0n) is 18.1. The van der Waals surface area contributed by atoms with Crippen LogP contribution in [0.4, 0.5) is 10.7 Å². The van der Waals surface area contributed by atoms with Gasteiger partial charge in [0.25, 0.3) is 5.88 Å². The van der Waals surface area contributed by atoms with E-state index in [9.17, 15) is 13.2 Å². The molecule has 1 aliphatic rings. The van der Waals surface area contributed by atoms with Gasteiger partial charge in [-0.3, -0.25) is 0 Å². The Bertz CT molecular complexity index is 996. The third-order valence-electron chi connectivity index (χ3n) is 4.48. The maximum atomic E-state index is 12.2. The van der Waals surface area contributed by atoms with Crippen LogP contribution in [-0.4, -0.2) is 72.6 Å². The number of aromatic nitrogens is 3. The maximum absolute atomic E-state index is 12.2. The van der Waals surface area contributed by atoms with Crippen molar-refractivity contribution in [3.8, 4) is 5.88 Å². The second kappa shape index (κ2) is 9.04. The van der Waals surface area contributed by atoms with E-state index in [0.717, 1.165) is 5.56 Å². The third kappa shape index (κ3) is 6.51. The summed E-state index contributed by atoms with van der Waals surface area (Å²) in [5, 5.41) is 8.17. The molecule has 11 heteroatoms. The topological polar surface area (TPSA) is 115 Å². The number of carbonyl (C=O) groups excluding carboxylic acids is 1. The lowest BCUT2D eigenvalue weighted by molar-refractivity contribution is 0.0240. The van der Waals surface area contributed by atoms with Crippen LogP contribution in [-0.2, 0) is 21.2 Å². The van der Waals surface area contributed by atoms with Crippen molar-refractivity contribution < 1.29 is 22.7 Å². The molecule has 0 saturated carbocycles. The fourth-order valence-electron chi connectivity index (χ4n) is 2.88. The van der Waals surface area contributed by atoms with Gasteiger partial charge >= 0.3 is 6.09 Å². The van der Waals surface area contributed by atoms with Gasteiger partial charge in [-0.25, -0.2) is 18.2 Å². The number of benzene rings is 1. The van der Waals surface area contributed by atoms with Crippen LogP contribution in [0, 0.1) is 0 Å². The van der Waals surface area contributed by atoms with Crippen molar-refractivity contribution in [3.63, 3.8) is 0 Å². The van der Waals surface area contributed by atoms with Crippen LogP contribution in [0.3, 0.4) is 0 Å². The van der Waals surface area contributed by atoms with Crippen molar-refractivity contribution in [2.75, 3.05) is 37.3 Å². The predicted molar refractivity (Wildman–Crippen MR) is 114 cm³/mol. The van der Waals surface area contributed by atoms with Crippen molar-refractivity contribution >= 4 is 21.9 Å². The van der Waals surface area contributed by atoms with E-state index in [1.165, 1.54) is 24.6 Å². The average Bonchev–Trinajstić information content (AvgIpc) is 2.71. The average molecular weight is 450 g/mol. The lowest BCUT2D eigenvalue weighted by Gasteiger charge is -2.35. The number of carbonyl (C=O) groups is 1. The Morgan fingerprint density at radius 2 is 1.71 bits per heavy atom. The highest BCUT2D eigenvalue weighted by atomic mass is 32.2. The molecule has 1 saturated heterocycles. The van der Waals surface area contributed by atoms with E-state index in [-0.39, 0.29) is 23.5 Å². The number of piperazine rings is 1. The van der Waals surface area contributed by atoms with Crippen LogP contribution < -0.4 is 9.64 Å². The van der Waals surface area contributed by atoms with Gasteiger partial charge in [-0.05, 0) is 38.5 Å². The van der Waals surface area contributed by atoms with Crippen LogP contribution in [0.2, 0.25) is 0 Å². The fourth-order valence-corrected chi connectivity index (χ4v) is 3.51. The predicted octanol–water partition coefficient (Wildman–Crippen LogP) is 1.91. The summed E-state index contributed by atoms with van der Waals surface area (Å²) in [6.45, 7) is 7.93. The first-order valence-corrected chi connectivity index (χ1v) is 11.7. The second-order valence-electron chi connectivity index (χ2n) is 8.26. The van der Waals surface area contributed by atoms with Crippen LogP contribution in [0.1, 0.15) is 26.3 Å². The summed E-state index contributed by atoms with van der Waals surface area (Å²) in [6.07, 6.45) is 2.34. The molecule has 1 aromatic heterocycles. The summed E-state index contributed by atoms with van der Waals surface area (Å²) in [5.41, 5.74) is 0.281. The molecule has 0 N–H and O–H groups in total. The lowest BCUT2D eigenvalue weighted by Crippen LogP contribution is -2.50. The highest BCUT2D eigenvalue weighted by molar-refractivity contribution is 7.90. The molecule has 1 aliphatic heterocycles. The molecule has 0 bridgehead atoms. The first kappa shape index (κ1) is 22.7. The minimum Gasteiger partial charge on any atom is -0.471 e. The number of ether oxygens (including phenoxy) is 2. The van der Waals surface area contributed by atoms with E-state index in [4.69, 9.17) is 9.47 Å². The van der Waals surface area contributed by atoms with Gasteiger partial charge in [-0.2, -0.15) is 0 Å². The summed E-state index contributed by atoms with van der Waals surface area (Å²) in [5.74, 6) is 0.733. The van der Waals surface area contributed by atoms with E-state index < -0.39 is 15.4 Å². The van der Waals surface area contributed by atoms with Crippen LogP contribution in [0.25, 0.3) is 0 Å². The highest BCUT2D eigenvalue weighted by Gasteiger charge is 2.26. The van der Waals surface area contributed by atoms with E-state index in [0.29, 0.717) is 32.1 Å². The molecule has 1 amide bonds. The Morgan fingerprint density at radius 1 is 1.06 bits per heavy atom. The minimum absolute atomic E-state index is 0.217. The Balaban J connectivity index is 1.50. The molecule has 0 aliphatic carbocycles. The summed E-state index contributed by atoms with van der Waals surface area (Å²) in [6, 6.07) is 6.46. The monoisotopic (exact) mass is 449 g/mol. The number of sulfone groups is 1. The van der Waals surface area contributed by atoms with Gasteiger partial charge in [0.05, 0.1) is 11.1 Å². The largest absolute Gasteiger partial charge is 0.471 e. The Kier molecular flexibility index (Phi) is 6.63. The van der Waals surface area contributed by atoms with Gasteiger partial charge in [0.1, 0.15) is 12.2 Å². The number of amides is 1. The van der Waals surface area contributed by atoms with Crippen LogP contribution >= 0.6 is 0 Å². The molecule has 0 unspecified atom stereocenters. The standard InChI is InChI=1S/C20H27N5O5S/c1-20(2,3)30-19(26)25-11-9-24(10-12-25)18-21-13-17(22-23-18)29-14-15-5-7-16(8-6-15)31(4,27)28/h5-8,13H,9-12,14H2,1-4H3. The number of rotatable bonds is 5.